The fourth-order valence-electron chi connectivity index (χ4n) is 2.81. The molecule has 5 heteroatoms. The zero-order chi connectivity index (χ0) is 19.4. The highest BCUT2D eigenvalue weighted by molar-refractivity contribution is 6.37. The maximum absolute atomic E-state index is 11.3. The molecule has 0 aliphatic carbocycles. The molecule has 27 heavy (non-hydrogen) atoms. The second kappa shape index (κ2) is 8.47. The highest BCUT2D eigenvalue weighted by Gasteiger charge is 2.14. The molecule has 0 spiro atoms. The maximum Gasteiger partial charge on any atom is 0.164 e. The van der Waals surface area contributed by atoms with Crippen molar-refractivity contribution in [3.63, 3.8) is 0 Å². The zero-order valence-electron chi connectivity index (χ0n) is 15.0. The summed E-state index contributed by atoms with van der Waals surface area (Å²) < 4.78 is 11.4. The van der Waals surface area contributed by atoms with Gasteiger partial charge in [-0.3, -0.25) is 4.79 Å². The Kier molecular flexibility index (Phi) is 6.04. The molecule has 0 fully saturated rings. The molecule has 0 aromatic heterocycles. The number of ketones is 1. The van der Waals surface area contributed by atoms with E-state index in [1.807, 2.05) is 42.5 Å². The van der Waals surface area contributed by atoms with Gasteiger partial charge in [-0.1, -0.05) is 53.5 Å². The van der Waals surface area contributed by atoms with Crippen LogP contribution in [0.3, 0.4) is 0 Å². The molecule has 0 amide bonds. The first-order chi connectivity index (χ1) is 13.0. The second-order valence-electron chi connectivity index (χ2n) is 6.10. The smallest absolute Gasteiger partial charge is 0.164 e. The minimum Gasteiger partial charge on any atom is -0.496 e. The molecule has 0 saturated heterocycles. The van der Waals surface area contributed by atoms with Gasteiger partial charge in [0.15, 0.2) is 5.75 Å². The molecular weight excluding hydrogens is 383 g/mol. The fraction of sp³-hybridized carbons (Fsp3) is 0.136. The SMILES string of the molecule is COc1ccc(Oc2c(Cl)cc(CC(C)=O)cc2Cl)cc1-c1ccccc1. The van der Waals surface area contributed by atoms with Crippen molar-refractivity contribution in [3.8, 4) is 28.4 Å². The van der Waals surface area contributed by atoms with Crippen molar-refractivity contribution in [3.05, 3.63) is 76.3 Å². The third-order valence-corrected chi connectivity index (χ3v) is 4.55. The van der Waals surface area contributed by atoms with Gasteiger partial charge in [-0.05, 0) is 48.4 Å². The molecule has 0 unspecified atom stereocenters. The molecule has 0 aliphatic heterocycles. The van der Waals surface area contributed by atoms with Gasteiger partial charge < -0.3 is 9.47 Å². The fourth-order valence-corrected chi connectivity index (χ4v) is 3.42. The van der Waals surface area contributed by atoms with Crippen molar-refractivity contribution in [2.24, 2.45) is 0 Å². The molecule has 0 saturated carbocycles. The van der Waals surface area contributed by atoms with Crippen LogP contribution in [-0.4, -0.2) is 12.9 Å². The molecule has 3 aromatic rings. The molecule has 3 aromatic carbocycles. The van der Waals surface area contributed by atoms with E-state index in [4.69, 9.17) is 32.7 Å². The van der Waals surface area contributed by atoms with E-state index in [9.17, 15) is 4.79 Å². The predicted molar refractivity (Wildman–Crippen MR) is 109 cm³/mol. The van der Waals surface area contributed by atoms with Crippen molar-refractivity contribution in [2.75, 3.05) is 7.11 Å². The number of rotatable bonds is 6. The van der Waals surface area contributed by atoms with E-state index in [0.717, 1.165) is 22.4 Å². The quantitative estimate of drug-likeness (QED) is 0.467. The molecule has 0 N–H and O–H groups in total. The molecule has 3 nitrogen and oxygen atoms in total. The number of ether oxygens (including phenoxy) is 2. The predicted octanol–water partition coefficient (Wildman–Crippen LogP) is 6.59. The van der Waals surface area contributed by atoms with Crippen molar-refractivity contribution >= 4 is 29.0 Å². The van der Waals surface area contributed by atoms with Crippen molar-refractivity contribution in [1.82, 2.24) is 0 Å². The highest BCUT2D eigenvalue weighted by Crippen LogP contribution is 2.40. The van der Waals surface area contributed by atoms with Crippen LogP contribution in [0.4, 0.5) is 0 Å². The van der Waals surface area contributed by atoms with E-state index < -0.39 is 0 Å². The van der Waals surface area contributed by atoms with Gasteiger partial charge in [0.05, 0.1) is 17.2 Å². The standard InChI is InChI=1S/C22H18Cl2O3/c1-14(25)10-15-11-19(23)22(20(24)12-15)27-17-8-9-21(26-2)18(13-17)16-6-4-3-5-7-16/h3-9,11-13H,10H2,1-2H3. The van der Waals surface area contributed by atoms with Crippen molar-refractivity contribution in [2.45, 2.75) is 13.3 Å². The van der Waals surface area contributed by atoms with Crippen LogP contribution in [-0.2, 0) is 11.2 Å². The van der Waals surface area contributed by atoms with E-state index in [-0.39, 0.29) is 12.2 Å². The lowest BCUT2D eigenvalue weighted by Gasteiger charge is -2.14. The lowest BCUT2D eigenvalue weighted by Crippen LogP contribution is -1.97. The van der Waals surface area contributed by atoms with Gasteiger partial charge >= 0.3 is 0 Å². The Morgan fingerprint density at radius 2 is 1.63 bits per heavy atom. The summed E-state index contributed by atoms with van der Waals surface area (Å²) in [4.78, 5) is 11.3. The number of benzene rings is 3. The van der Waals surface area contributed by atoms with Crippen LogP contribution in [0.15, 0.2) is 60.7 Å². The van der Waals surface area contributed by atoms with E-state index in [1.165, 1.54) is 6.92 Å². The average Bonchev–Trinajstić information content (AvgIpc) is 2.65. The lowest BCUT2D eigenvalue weighted by molar-refractivity contribution is -0.116. The first kappa shape index (κ1) is 19.3. The van der Waals surface area contributed by atoms with Crippen LogP contribution in [0.2, 0.25) is 10.0 Å². The maximum atomic E-state index is 11.3. The molecule has 0 atom stereocenters. The largest absolute Gasteiger partial charge is 0.496 e. The first-order valence-electron chi connectivity index (χ1n) is 8.36. The summed E-state index contributed by atoms with van der Waals surface area (Å²) in [5, 5.41) is 0.714. The van der Waals surface area contributed by atoms with E-state index in [1.54, 1.807) is 25.3 Å². The Labute approximate surface area is 168 Å². The number of carbonyl (C=O) groups excluding carboxylic acids is 1. The van der Waals surface area contributed by atoms with Crippen LogP contribution < -0.4 is 9.47 Å². The Balaban J connectivity index is 1.96. The summed E-state index contributed by atoms with van der Waals surface area (Å²) >= 11 is 12.7. The van der Waals surface area contributed by atoms with Gasteiger partial charge in [-0.25, -0.2) is 0 Å². The molecule has 0 radical (unpaired) electrons. The van der Waals surface area contributed by atoms with Crippen LogP contribution in [0.1, 0.15) is 12.5 Å². The van der Waals surface area contributed by atoms with Crippen LogP contribution >= 0.6 is 23.2 Å². The van der Waals surface area contributed by atoms with Crippen LogP contribution in [0, 0.1) is 0 Å². The normalized spacial score (nSPS) is 10.5. The molecule has 0 heterocycles. The van der Waals surface area contributed by atoms with Crippen molar-refractivity contribution in [1.29, 1.82) is 0 Å². The molecule has 3 rings (SSSR count). The number of halogens is 2. The average molecular weight is 401 g/mol. The summed E-state index contributed by atoms with van der Waals surface area (Å²) in [5.41, 5.74) is 2.66. The minimum atomic E-state index is 0.0402. The lowest BCUT2D eigenvalue weighted by atomic mass is 10.0. The summed E-state index contributed by atoms with van der Waals surface area (Å²) in [6.07, 6.45) is 0.278. The van der Waals surface area contributed by atoms with E-state index in [2.05, 4.69) is 0 Å². The van der Waals surface area contributed by atoms with Gasteiger partial charge in [0, 0.05) is 12.0 Å². The van der Waals surface area contributed by atoms with Crippen LogP contribution in [0.5, 0.6) is 17.2 Å². The van der Waals surface area contributed by atoms with Gasteiger partial charge in [0.1, 0.15) is 17.3 Å². The number of Topliss-reactive ketones (excluding diaryl/α,β-unsaturated/α-hetero) is 1. The third kappa shape index (κ3) is 4.62. The number of hydrogen-bond acceptors (Lipinski definition) is 3. The zero-order valence-corrected chi connectivity index (χ0v) is 16.5. The Morgan fingerprint density at radius 1 is 0.963 bits per heavy atom. The highest BCUT2D eigenvalue weighted by atomic mass is 35.5. The number of methoxy groups -OCH3 is 1. The summed E-state index contributed by atoms with van der Waals surface area (Å²) in [7, 11) is 1.63. The van der Waals surface area contributed by atoms with Gasteiger partial charge in [-0.2, -0.15) is 0 Å². The second-order valence-corrected chi connectivity index (χ2v) is 6.91. The third-order valence-electron chi connectivity index (χ3n) is 3.99. The monoisotopic (exact) mass is 400 g/mol. The minimum absolute atomic E-state index is 0.0402. The Hall–Kier alpha value is -2.49. The van der Waals surface area contributed by atoms with Crippen LogP contribution in [0.25, 0.3) is 11.1 Å². The molecule has 0 bridgehead atoms. The van der Waals surface area contributed by atoms with E-state index >= 15 is 0 Å². The first-order valence-corrected chi connectivity index (χ1v) is 9.12. The Bertz CT molecular complexity index is 946. The van der Waals surface area contributed by atoms with Crippen molar-refractivity contribution < 1.29 is 14.3 Å². The summed E-state index contributed by atoms with van der Waals surface area (Å²) in [5.74, 6) is 1.72. The number of hydrogen-bond donors (Lipinski definition) is 0. The van der Waals surface area contributed by atoms with E-state index in [0.29, 0.717) is 21.5 Å². The summed E-state index contributed by atoms with van der Waals surface area (Å²) in [6.45, 7) is 1.52. The molecule has 0 aliphatic rings. The van der Waals surface area contributed by atoms with Gasteiger partial charge in [-0.15, -0.1) is 0 Å². The topological polar surface area (TPSA) is 35.5 Å². The molecule has 138 valence electrons. The Morgan fingerprint density at radius 3 is 2.22 bits per heavy atom. The van der Waals surface area contributed by atoms with Gasteiger partial charge in [0.25, 0.3) is 0 Å². The summed E-state index contributed by atoms with van der Waals surface area (Å²) in [6, 6.07) is 18.8. The molecular formula is C22H18Cl2O3. The number of carbonyl (C=O) groups is 1. The van der Waals surface area contributed by atoms with Gasteiger partial charge in [0.2, 0.25) is 0 Å².